The minimum Gasteiger partial charge on any atom is -0.392 e. The van der Waals surface area contributed by atoms with E-state index in [2.05, 4.69) is 13.8 Å². The highest BCUT2D eigenvalue weighted by atomic mass is 35.5. The van der Waals surface area contributed by atoms with Gasteiger partial charge < -0.3 is 10.8 Å². The van der Waals surface area contributed by atoms with Crippen LogP contribution in [0.1, 0.15) is 20.3 Å². The van der Waals surface area contributed by atoms with Crippen LogP contribution in [0.5, 0.6) is 0 Å². The van der Waals surface area contributed by atoms with Crippen LogP contribution in [0.15, 0.2) is 0 Å². The standard InChI is InChI=1S/C6H15NO.ClH/c1-5(2)3-6(8)4-7;/h5-6,8H,3-4,7H2,1-2H3;1H/t6-;/m0./s1. The number of hydrogen-bond acceptors (Lipinski definition) is 2. The highest BCUT2D eigenvalue weighted by Gasteiger charge is 2.02. The van der Waals surface area contributed by atoms with Crippen molar-refractivity contribution in [2.24, 2.45) is 11.7 Å². The van der Waals surface area contributed by atoms with Crippen LogP contribution in [0.25, 0.3) is 0 Å². The zero-order chi connectivity index (χ0) is 6.57. The lowest BCUT2D eigenvalue weighted by molar-refractivity contribution is 0.157. The molecule has 0 radical (unpaired) electrons. The van der Waals surface area contributed by atoms with Crippen LogP contribution in [-0.4, -0.2) is 17.8 Å². The number of hydrogen-bond donors (Lipinski definition) is 2. The molecule has 0 aromatic heterocycles. The second kappa shape index (κ2) is 6.33. The Kier molecular flexibility index (Phi) is 8.40. The second-order valence-corrected chi connectivity index (χ2v) is 2.52. The summed E-state index contributed by atoms with van der Waals surface area (Å²) < 4.78 is 0. The molecule has 0 aromatic rings. The Balaban J connectivity index is 0. The molecule has 3 heteroatoms. The maximum absolute atomic E-state index is 8.90. The first-order chi connectivity index (χ1) is 3.66. The largest absolute Gasteiger partial charge is 0.392 e. The molecule has 0 bridgehead atoms. The molecule has 9 heavy (non-hydrogen) atoms. The van der Waals surface area contributed by atoms with Crippen LogP contribution in [0, 0.1) is 5.92 Å². The molecular formula is C6H16ClNO. The van der Waals surface area contributed by atoms with Crippen LogP contribution in [0.2, 0.25) is 0 Å². The fourth-order valence-corrected chi connectivity index (χ4v) is 0.640. The minimum atomic E-state index is -0.296. The molecule has 0 rings (SSSR count). The predicted octanol–water partition coefficient (Wildman–Crippen LogP) is 0.774. The topological polar surface area (TPSA) is 46.2 Å². The van der Waals surface area contributed by atoms with E-state index in [-0.39, 0.29) is 18.5 Å². The van der Waals surface area contributed by atoms with Crippen molar-refractivity contribution in [2.45, 2.75) is 26.4 Å². The van der Waals surface area contributed by atoms with Gasteiger partial charge in [0, 0.05) is 6.54 Å². The van der Waals surface area contributed by atoms with Crippen molar-refractivity contribution in [3.05, 3.63) is 0 Å². The average Bonchev–Trinajstić information content (AvgIpc) is 1.65. The van der Waals surface area contributed by atoms with Crippen molar-refractivity contribution in [3.8, 4) is 0 Å². The van der Waals surface area contributed by atoms with Gasteiger partial charge in [-0.15, -0.1) is 12.4 Å². The Labute approximate surface area is 62.9 Å². The molecule has 0 spiro atoms. The smallest absolute Gasteiger partial charge is 0.0664 e. The summed E-state index contributed by atoms with van der Waals surface area (Å²) in [6.07, 6.45) is 0.520. The quantitative estimate of drug-likeness (QED) is 0.630. The summed E-state index contributed by atoms with van der Waals surface area (Å²) in [5, 5.41) is 8.90. The number of aliphatic hydroxyl groups is 1. The van der Waals surface area contributed by atoms with E-state index >= 15 is 0 Å². The SMILES string of the molecule is CC(C)C[C@H](O)CN.Cl. The van der Waals surface area contributed by atoms with Gasteiger partial charge in [-0.2, -0.15) is 0 Å². The van der Waals surface area contributed by atoms with Crippen LogP contribution in [0.3, 0.4) is 0 Å². The summed E-state index contributed by atoms with van der Waals surface area (Å²) in [6.45, 7) is 4.52. The van der Waals surface area contributed by atoms with Crippen molar-refractivity contribution in [2.75, 3.05) is 6.54 Å². The molecule has 0 aliphatic rings. The zero-order valence-electron chi connectivity index (χ0n) is 6.00. The van der Waals surface area contributed by atoms with E-state index in [1.807, 2.05) is 0 Å². The molecule has 0 saturated heterocycles. The average molecular weight is 154 g/mol. The molecular weight excluding hydrogens is 138 g/mol. The number of aliphatic hydroxyl groups excluding tert-OH is 1. The van der Waals surface area contributed by atoms with Gasteiger partial charge in [-0.1, -0.05) is 13.8 Å². The van der Waals surface area contributed by atoms with Crippen LogP contribution >= 0.6 is 12.4 Å². The molecule has 1 atom stereocenters. The lowest BCUT2D eigenvalue weighted by atomic mass is 10.1. The van der Waals surface area contributed by atoms with Gasteiger partial charge >= 0.3 is 0 Å². The van der Waals surface area contributed by atoms with Gasteiger partial charge in [0.1, 0.15) is 0 Å². The lowest BCUT2D eigenvalue weighted by Crippen LogP contribution is -2.21. The van der Waals surface area contributed by atoms with Crippen molar-refractivity contribution in [3.63, 3.8) is 0 Å². The van der Waals surface area contributed by atoms with Crippen LogP contribution < -0.4 is 5.73 Å². The van der Waals surface area contributed by atoms with Crippen molar-refractivity contribution in [1.29, 1.82) is 0 Å². The Bertz CT molecular complexity index is 59.0. The normalized spacial score (nSPS) is 13.0. The van der Waals surface area contributed by atoms with Crippen molar-refractivity contribution in [1.82, 2.24) is 0 Å². The maximum atomic E-state index is 8.90. The fraction of sp³-hybridized carbons (Fsp3) is 1.00. The summed E-state index contributed by atoms with van der Waals surface area (Å²) >= 11 is 0. The second-order valence-electron chi connectivity index (χ2n) is 2.52. The molecule has 0 aliphatic heterocycles. The van der Waals surface area contributed by atoms with E-state index in [9.17, 15) is 0 Å². The van der Waals surface area contributed by atoms with Gasteiger partial charge in [0.15, 0.2) is 0 Å². The third kappa shape index (κ3) is 8.21. The summed E-state index contributed by atoms with van der Waals surface area (Å²) in [5.74, 6) is 0.550. The van der Waals surface area contributed by atoms with E-state index in [0.717, 1.165) is 6.42 Å². The summed E-state index contributed by atoms with van der Waals surface area (Å²) in [6, 6.07) is 0. The highest BCUT2D eigenvalue weighted by molar-refractivity contribution is 5.85. The fourth-order valence-electron chi connectivity index (χ4n) is 0.640. The third-order valence-corrected chi connectivity index (χ3v) is 1.02. The molecule has 0 aromatic carbocycles. The molecule has 3 N–H and O–H groups in total. The lowest BCUT2D eigenvalue weighted by Gasteiger charge is -2.08. The van der Waals surface area contributed by atoms with Crippen molar-refractivity contribution >= 4 is 12.4 Å². The van der Waals surface area contributed by atoms with E-state index in [0.29, 0.717) is 12.5 Å². The van der Waals surface area contributed by atoms with Gasteiger partial charge in [-0.05, 0) is 12.3 Å². The zero-order valence-corrected chi connectivity index (χ0v) is 6.82. The van der Waals surface area contributed by atoms with Gasteiger partial charge in [0.25, 0.3) is 0 Å². The van der Waals surface area contributed by atoms with Crippen LogP contribution in [-0.2, 0) is 0 Å². The molecule has 0 heterocycles. The number of nitrogens with two attached hydrogens (primary N) is 1. The van der Waals surface area contributed by atoms with Gasteiger partial charge in [0.2, 0.25) is 0 Å². The van der Waals surface area contributed by atoms with E-state index < -0.39 is 0 Å². The van der Waals surface area contributed by atoms with E-state index in [1.165, 1.54) is 0 Å². The first kappa shape index (κ1) is 11.9. The number of rotatable bonds is 3. The summed E-state index contributed by atoms with van der Waals surface area (Å²) in [7, 11) is 0. The van der Waals surface area contributed by atoms with Gasteiger partial charge in [0.05, 0.1) is 6.10 Å². The molecule has 0 saturated carbocycles. The first-order valence-corrected chi connectivity index (χ1v) is 3.05. The molecule has 0 amide bonds. The monoisotopic (exact) mass is 153 g/mol. The van der Waals surface area contributed by atoms with Crippen molar-refractivity contribution < 1.29 is 5.11 Å². The Hall–Kier alpha value is 0.210. The summed E-state index contributed by atoms with van der Waals surface area (Å²) in [5.41, 5.74) is 5.17. The van der Waals surface area contributed by atoms with E-state index in [4.69, 9.17) is 10.8 Å². The predicted molar refractivity (Wildman–Crippen MR) is 41.8 cm³/mol. The third-order valence-electron chi connectivity index (χ3n) is 1.02. The van der Waals surface area contributed by atoms with E-state index in [1.54, 1.807) is 0 Å². The van der Waals surface area contributed by atoms with Crippen LogP contribution in [0.4, 0.5) is 0 Å². The maximum Gasteiger partial charge on any atom is 0.0664 e. The first-order valence-electron chi connectivity index (χ1n) is 3.05. The highest BCUT2D eigenvalue weighted by Crippen LogP contribution is 2.01. The Morgan fingerprint density at radius 2 is 1.89 bits per heavy atom. The Morgan fingerprint density at radius 3 is 2.00 bits per heavy atom. The molecule has 0 fully saturated rings. The van der Waals surface area contributed by atoms with Gasteiger partial charge in [-0.25, -0.2) is 0 Å². The Morgan fingerprint density at radius 1 is 1.44 bits per heavy atom. The minimum absolute atomic E-state index is 0. The van der Waals surface area contributed by atoms with Gasteiger partial charge in [-0.3, -0.25) is 0 Å². The molecule has 58 valence electrons. The summed E-state index contributed by atoms with van der Waals surface area (Å²) in [4.78, 5) is 0. The molecule has 0 aliphatic carbocycles. The molecule has 2 nitrogen and oxygen atoms in total. The number of halogens is 1. The molecule has 0 unspecified atom stereocenters.